The van der Waals surface area contributed by atoms with E-state index in [0.29, 0.717) is 12.5 Å². The van der Waals surface area contributed by atoms with Crippen LogP contribution in [0.2, 0.25) is 0 Å². The molecule has 0 aliphatic rings. The summed E-state index contributed by atoms with van der Waals surface area (Å²) in [6, 6.07) is 7.84. The lowest BCUT2D eigenvalue weighted by Crippen LogP contribution is -1.96. The third-order valence-corrected chi connectivity index (χ3v) is 2.49. The fourth-order valence-electron chi connectivity index (χ4n) is 1.70. The zero-order chi connectivity index (χ0) is 11.5. The molecule has 84 valence electrons. The van der Waals surface area contributed by atoms with Crippen LogP contribution in [0.3, 0.4) is 0 Å². The van der Waals surface area contributed by atoms with E-state index in [1.165, 1.54) is 0 Å². The third kappa shape index (κ3) is 1.94. The number of nitrogens with zero attached hydrogens (tertiary/aromatic N) is 1. The number of hydrogen-bond acceptors (Lipinski definition) is 3. The normalized spacial score (nSPS) is 10.4. The number of fused-ring (bicyclic) bond motifs is 1. The molecule has 1 aromatic carbocycles. The van der Waals surface area contributed by atoms with E-state index < -0.39 is 0 Å². The van der Waals surface area contributed by atoms with Gasteiger partial charge < -0.3 is 9.47 Å². The second kappa shape index (κ2) is 4.39. The molecule has 2 rings (SSSR count). The molecule has 0 N–H and O–H groups in total. The molecular weight excluding hydrogens is 202 g/mol. The average molecular weight is 217 g/mol. The zero-order valence-corrected chi connectivity index (χ0v) is 9.78. The van der Waals surface area contributed by atoms with Crippen LogP contribution in [0, 0.1) is 6.92 Å². The van der Waals surface area contributed by atoms with Gasteiger partial charge in [0.2, 0.25) is 5.88 Å². The molecule has 3 heteroatoms. The molecule has 16 heavy (non-hydrogen) atoms. The third-order valence-electron chi connectivity index (χ3n) is 2.49. The molecule has 0 bridgehead atoms. The number of aromatic nitrogens is 1. The van der Waals surface area contributed by atoms with Gasteiger partial charge in [0.1, 0.15) is 5.75 Å². The van der Waals surface area contributed by atoms with E-state index >= 15 is 0 Å². The van der Waals surface area contributed by atoms with Crippen molar-refractivity contribution in [2.24, 2.45) is 0 Å². The lowest BCUT2D eigenvalue weighted by Gasteiger charge is -2.08. The van der Waals surface area contributed by atoms with Gasteiger partial charge in [0, 0.05) is 17.5 Å². The van der Waals surface area contributed by atoms with Crippen LogP contribution in [0.5, 0.6) is 11.6 Å². The highest BCUT2D eigenvalue weighted by molar-refractivity contribution is 5.83. The molecule has 0 unspecified atom stereocenters. The summed E-state index contributed by atoms with van der Waals surface area (Å²) in [5.41, 5.74) is 2.07. The molecule has 3 nitrogen and oxygen atoms in total. The fraction of sp³-hybridized carbons (Fsp3) is 0.308. The summed E-state index contributed by atoms with van der Waals surface area (Å²) >= 11 is 0. The van der Waals surface area contributed by atoms with Crippen molar-refractivity contribution in [1.82, 2.24) is 4.98 Å². The van der Waals surface area contributed by atoms with Crippen LogP contribution in [0.4, 0.5) is 0 Å². The van der Waals surface area contributed by atoms with Crippen molar-refractivity contribution in [3.63, 3.8) is 0 Å². The summed E-state index contributed by atoms with van der Waals surface area (Å²) < 4.78 is 10.6. The van der Waals surface area contributed by atoms with Crippen LogP contribution in [0.1, 0.15) is 12.5 Å². The second-order valence-corrected chi connectivity index (χ2v) is 3.59. The van der Waals surface area contributed by atoms with Gasteiger partial charge in [-0.15, -0.1) is 0 Å². The van der Waals surface area contributed by atoms with Gasteiger partial charge in [0.15, 0.2) is 0 Å². The summed E-state index contributed by atoms with van der Waals surface area (Å²) in [4.78, 5) is 4.43. The van der Waals surface area contributed by atoms with Gasteiger partial charge in [-0.3, -0.25) is 0 Å². The molecule has 0 aliphatic heterocycles. The Bertz CT molecular complexity index is 509. The number of methoxy groups -OCH3 is 1. The average Bonchev–Trinajstić information content (AvgIpc) is 2.28. The van der Waals surface area contributed by atoms with Crippen LogP contribution in [0.25, 0.3) is 10.9 Å². The minimum absolute atomic E-state index is 0.627. The quantitative estimate of drug-likeness (QED) is 0.792. The second-order valence-electron chi connectivity index (χ2n) is 3.59. The standard InChI is InChI=1S/C13H15NO2/c1-4-16-13-7-9(2)11-6-5-10(15-3)8-12(11)14-13/h5-8H,4H2,1-3H3. The Kier molecular flexibility index (Phi) is 2.95. The van der Waals surface area contributed by atoms with Crippen LogP contribution in [-0.4, -0.2) is 18.7 Å². The maximum absolute atomic E-state index is 5.42. The van der Waals surface area contributed by atoms with Crippen molar-refractivity contribution in [3.05, 3.63) is 29.8 Å². The monoisotopic (exact) mass is 217 g/mol. The van der Waals surface area contributed by atoms with Crippen molar-refractivity contribution in [2.45, 2.75) is 13.8 Å². The van der Waals surface area contributed by atoms with Crippen molar-refractivity contribution >= 4 is 10.9 Å². The SMILES string of the molecule is CCOc1cc(C)c2ccc(OC)cc2n1. The molecule has 0 aliphatic carbocycles. The lowest BCUT2D eigenvalue weighted by atomic mass is 10.1. The van der Waals surface area contributed by atoms with Crippen molar-refractivity contribution in [3.8, 4) is 11.6 Å². The van der Waals surface area contributed by atoms with Crippen molar-refractivity contribution in [2.75, 3.05) is 13.7 Å². The zero-order valence-electron chi connectivity index (χ0n) is 9.78. The van der Waals surface area contributed by atoms with Crippen LogP contribution in [-0.2, 0) is 0 Å². The van der Waals surface area contributed by atoms with E-state index in [2.05, 4.69) is 11.9 Å². The number of pyridine rings is 1. The molecule has 1 heterocycles. The largest absolute Gasteiger partial charge is 0.497 e. The van der Waals surface area contributed by atoms with Crippen LogP contribution in [0.15, 0.2) is 24.3 Å². The van der Waals surface area contributed by atoms with Crippen LogP contribution < -0.4 is 9.47 Å². The molecule has 0 fully saturated rings. The van der Waals surface area contributed by atoms with Gasteiger partial charge in [-0.2, -0.15) is 0 Å². The molecule has 1 aromatic heterocycles. The maximum atomic E-state index is 5.42. The molecular formula is C13H15NO2. The summed E-state index contributed by atoms with van der Waals surface area (Å²) in [5.74, 6) is 1.48. The minimum atomic E-state index is 0.627. The van der Waals surface area contributed by atoms with Gasteiger partial charge in [-0.1, -0.05) is 0 Å². The van der Waals surface area contributed by atoms with E-state index in [1.807, 2.05) is 31.2 Å². The van der Waals surface area contributed by atoms with Gasteiger partial charge in [0.25, 0.3) is 0 Å². The van der Waals surface area contributed by atoms with E-state index in [-0.39, 0.29) is 0 Å². The van der Waals surface area contributed by atoms with Crippen molar-refractivity contribution in [1.29, 1.82) is 0 Å². The lowest BCUT2D eigenvalue weighted by molar-refractivity contribution is 0.328. The number of ether oxygens (including phenoxy) is 2. The molecule has 0 atom stereocenters. The molecule has 0 radical (unpaired) electrons. The van der Waals surface area contributed by atoms with Gasteiger partial charge >= 0.3 is 0 Å². The van der Waals surface area contributed by atoms with E-state index in [9.17, 15) is 0 Å². The minimum Gasteiger partial charge on any atom is -0.497 e. The number of rotatable bonds is 3. The number of benzene rings is 1. The molecule has 0 spiro atoms. The topological polar surface area (TPSA) is 31.4 Å². The van der Waals surface area contributed by atoms with E-state index in [0.717, 1.165) is 22.2 Å². The summed E-state index contributed by atoms with van der Waals surface area (Å²) in [6.07, 6.45) is 0. The highest BCUT2D eigenvalue weighted by Crippen LogP contribution is 2.25. The van der Waals surface area contributed by atoms with Gasteiger partial charge in [0.05, 0.1) is 19.2 Å². The summed E-state index contributed by atoms with van der Waals surface area (Å²) in [5, 5.41) is 1.13. The van der Waals surface area contributed by atoms with Gasteiger partial charge in [-0.25, -0.2) is 4.98 Å². The maximum Gasteiger partial charge on any atom is 0.214 e. The number of hydrogen-bond donors (Lipinski definition) is 0. The highest BCUT2D eigenvalue weighted by Gasteiger charge is 2.04. The van der Waals surface area contributed by atoms with E-state index in [4.69, 9.17) is 9.47 Å². The first kappa shape index (κ1) is 10.7. The van der Waals surface area contributed by atoms with Crippen LogP contribution >= 0.6 is 0 Å². The molecule has 2 aromatic rings. The summed E-state index contributed by atoms with van der Waals surface area (Å²) in [7, 11) is 1.65. The number of aryl methyl sites for hydroxylation is 1. The molecule has 0 amide bonds. The Labute approximate surface area is 95.0 Å². The summed E-state index contributed by atoms with van der Waals surface area (Å²) in [6.45, 7) is 4.63. The first-order valence-corrected chi connectivity index (χ1v) is 5.32. The predicted octanol–water partition coefficient (Wildman–Crippen LogP) is 2.95. The Morgan fingerprint density at radius 3 is 2.75 bits per heavy atom. The molecule has 0 saturated carbocycles. The Hall–Kier alpha value is -1.77. The smallest absolute Gasteiger partial charge is 0.214 e. The van der Waals surface area contributed by atoms with E-state index in [1.54, 1.807) is 7.11 Å². The fourth-order valence-corrected chi connectivity index (χ4v) is 1.70. The highest BCUT2D eigenvalue weighted by atomic mass is 16.5. The van der Waals surface area contributed by atoms with Crippen molar-refractivity contribution < 1.29 is 9.47 Å². The first-order valence-electron chi connectivity index (χ1n) is 5.32. The Morgan fingerprint density at radius 1 is 1.25 bits per heavy atom. The molecule has 0 saturated heterocycles. The predicted molar refractivity (Wildman–Crippen MR) is 64.2 cm³/mol. The van der Waals surface area contributed by atoms with Gasteiger partial charge in [-0.05, 0) is 31.5 Å². The Balaban J connectivity index is 2.58. The Morgan fingerprint density at radius 2 is 2.06 bits per heavy atom. The first-order chi connectivity index (χ1) is 7.74.